The molecular weight excluding hydrogens is 348 g/mol. The van der Waals surface area contributed by atoms with Gasteiger partial charge in [-0.05, 0) is 43.6 Å². The lowest BCUT2D eigenvalue weighted by atomic mass is 9.81. The van der Waals surface area contributed by atoms with Gasteiger partial charge in [0.05, 0.1) is 11.6 Å². The number of amides is 1. The molecule has 6 heteroatoms. The smallest absolute Gasteiger partial charge is 0.339 e. The van der Waals surface area contributed by atoms with Crippen molar-refractivity contribution in [3.05, 3.63) is 21.4 Å². The van der Waals surface area contributed by atoms with Gasteiger partial charge in [-0.25, -0.2) is 4.79 Å². The predicted octanol–water partition coefficient (Wildman–Crippen LogP) is 3.71. The summed E-state index contributed by atoms with van der Waals surface area (Å²) in [6.07, 6.45) is 7.37. The SMILES string of the molecule is C[C@@H]1CCc2c(C(=O)OCC(=O)N(C)C3(C#N)CCCCC3)csc2C1. The van der Waals surface area contributed by atoms with E-state index >= 15 is 0 Å². The number of rotatable bonds is 4. The number of esters is 1. The van der Waals surface area contributed by atoms with Crippen molar-refractivity contribution in [1.29, 1.82) is 5.26 Å². The molecule has 0 saturated heterocycles. The van der Waals surface area contributed by atoms with Gasteiger partial charge in [0.2, 0.25) is 0 Å². The topological polar surface area (TPSA) is 70.4 Å². The quantitative estimate of drug-likeness (QED) is 0.753. The van der Waals surface area contributed by atoms with Crippen LogP contribution in [0.3, 0.4) is 0 Å². The van der Waals surface area contributed by atoms with Crippen LogP contribution in [-0.2, 0) is 22.4 Å². The summed E-state index contributed by atoms with van der Waals surface area (Å²) in [4.78, 5) is 27.7. The van der Waals surface area contributed by atoms with Gasteiger partial charge in [-0.2, -0.15) is 5.26 Å². The third kappa shape index (κ3) is 3.64. The molecule has 0 aromatic carbocycles. The number of hydrogen-bond donors (Lipinski definition) is 0. The van der Waals surface area contributed by atoms with Crippen LogP contribution in [0, 0.1) is 17.2 Å². The normalized spacial score (nSPS) is 21.3. The first-order valence-corrected chi connectivity index (χ1v) is 10.3. The fourth-order valence-corrected chi connectivity index (χ4v) is 5.28. The van der Waals surface area contributed by atoms with Gasteiger partial charge in [-0.1, -0.05) is 26.2 Å². The Hall–Kier alpha value is -1.87. The average Bonchev–Trinajstić information content (AvgIpc) is 3.08. The highest BCUT2D eigenvalue weighted by Crippen LogP contribution is 2.34. The van der Waals surface area contributed by atoms with Crippen LogP contribution in [-0.4, -0.2) is 36.0 Å². The highest BCUT2D eigenvalue weighted by molar-refractivity contribution is 7.10. The monoisotopic (exact) mass is 374 g/mol. The maximum absolute atomic E-state index is 12.5. The minimum absolute atomic E-state index is 0.306. The van der Waals surface area contributed by atoms with E-state index < -0.39 is 11.5 Å². The van der Waals surface area contributed by atoms with Crippen molar-refractivity contribution < 1.29 is 14.3 Å². The molecule has 1 saturated carbocycles. The van der Waals surface area contributed by atoms with E-state index in [2.05, 4.69) is 13.0 Å². The highest BCUT2D eigenvalue weighted by Gasteiger charge is 2.39. The van der Waals surface area contributed by atoms with Crippen LogP contribution in [0.15, 0.2) is 5.38 Å². The van der Waals surface area contributed by atoms with Crippen LogP contribution < -0.4 is 0 Å². The van der Waals surface area contributed by atoms with Crippen molar-refractivity contribution in [2.75, 3.05) is 13.7 Å². The van der Waals surface area contributed by atoms with Gasteiger partial charge in [-0.15, -0.1) is 11.3 Å². The summed E-state index contributed by atoms with van der Waals surface area (Å²) in [6, 6.07) is 2.32. The molecule has 1 fully saturated rings. The summed E-state index contributed by atoms with van der Waals surface area (Å²) in [5, 5.41) is 11.5. The van der Waals surface area contributed by atoms with E-state index in [1.54, 1.807) is 18.4 Å². The van der Waals surface area contributed by atoms with Gasteiger partial charge >= 0.3 is 5.97 Å². The van der Waals surface area contributed by atoms with Gasteiger partial charge in [0.25, 0.3) is 5.91 Å². The van der Waals surface area contributed by atoms with Crippen LogP contribution in [0.1, 0.15) is 66.2 Å². The second-order valence-corrected chi connectivity index (χ2v) is 8.60. The first-order chi connectivity index (χ1) is 12.5. The molecule has 0 aliphatic heterocycles. The Balaban J connectivity index is 1.61. The molecule has 2 aliphatic carbocycles. The van der Waals surface area contributed by atoms with E-state index in [1.165, 1.54) is 9.78 Å². The maximum atomic E-state index is 12.5. The lowest BCUT2D eigenvalue weighted by molar-refractivity contribution is -0.138. The Labute approximate surface area is 158 Å². The summed E-state index contributed by atoms with van der Waals surface area (Å²) in [6.45, 7) is 1.92. The summed E-state index contributed by atoms with van der Waals surface area (Å²) in [7, 11) is 1.65. The van der Waals surface area contributed by atoms with Gasteiger partial charge in [0.15, 0.2) is 6.61 Å². The lowest BCUT2D eigenvalue weighted by Gasteiger charge is -2.38. The zero-order valence-corrected chi connectivity index (χ0v) is 16.4. The fraction of sp³-hybridized carbons (Fsp3) is 0.650. The van der Waals surface area contributed by atoms with E-state index in [0.717, 1.165) is 44.1 Å². The van der Waals surface area contributed by atoms with Crippen molar-refractivity contribution >= 4 is 23.2 Å². The zero-order chi connectivity index (χ0) is 18.7. The number of nitrogens with zero attached hydrogens (tertiary/aromatic N) is 2. The molecule has 0 N–H and O–H groups in total. The molecule has 1 amide bonds. The fourth-order valence-electron chi connectivity index (χ4n) is 4.05. The number of fused-ring (bicyclic) bond motifs is 1. The second kappa shape index (κ2) is 7.79. The molecular formula is C20H26N2O3S. The molecule has 1 aromatic rings. The first kappa shape index (κ1) is 18.9. The summed E-state index contributed by atoms with van der Waals surface area (Å²) < 4.78 is 5.31. The molecule has 0 unspecified atom stereocenters. The maximum Gasteiger partial charge on any atom is 0.339 e. The molecule has 2 aliphatic rings. The Kier molecular flexibility index (Phi) is 5.67. The number of hydrogen-bond acceptors (Lipinski definition) is 5. The predicted molar refractivity (Wildman–Crippen MR) is 100.0 cm³/mol. The molecule has 0 spiro atoms. The lowest BCUT2D eigenvalue weighted by Crippen LogP contribution is -2.51. The van der Waals surface area contributed by atoms with E-state index in [0.29, 0.717) is 24.3 Å². The molecule has 5 nitrogen and oxygen atoms in total. The number of carbonyl (C=O) groups is 2. The Morgan fingerprint density at radius 1 is 1.38 bits per heavy atom. The van der Waals surface area contributed by atoms with Crippen LogP contribution >= 0.6 is 11.3 Å². The van der Waals surface area contributed by atoms with E-state index in [9.17, 15) is 14.9 Å². The highest BCUT2D eigenvalue weighted by atomic mass is 32.1. The van der Waals surface area contributed by atoms with Crippen LogP contribution in [0.4, 0.5) is 0 Å². The van der Waals surface area contributed by atoms with Gasteiger partial charge in [0, 0.05) is 17.3 Å². The van der Waals surface area contributed by atoms with Gasteiger partial charge in [-0.3, -0.25) is 4.79 Å². The van der Waals surface area contributed by atoms with Gasteiger partial charge in [0.1, 0.15) is 5.54 Å². The number of ether oxygens (including phenoxy) is 1. The summed E-state index contributed by atoms with van der Waals surface area (Å²) in [5.74, 6) is -0.0779. The van der Waals surface area contributed by atoms with Crippen molar-refractivity contribution in [1.82, 2.24) is 4.90 Å². The second-order valence-electron chi connectivity index (χ2n) is 7.63. The van der Waals surface area contributed by atoms with Crippen molar-refractivity contribution in [2.24, 2.45) is 5.92 Å². The zero-order valence-electron chi connectivity index (χ0n) is 15.5. The minimum atomic E-state index is -0.751. The molecule has 1 atom stereocenters. The minimum Gasteiger partial charge on any atom is -0.452 e. The van der Waals surface area contributed by atoms with Crippen molar-refractivity contribution in [3.63, 3.8) is 0 Å². The molecule has 1 heterocycles. The Bertz CT molecular complexity index is 728. The number of thiophene rings is 1. The van der Waals surface area contributed by atoms with Crippen LogP contribution in [0.25, 0.3) is 0 Å². The van der Waals surface area contributed by atoms with Crippen LogP contribution in [0.5, 0.6) is 0 Å². The van der Waals surface area contributed by atoms with Crippen molar-refractivity contribution in [2.45, 2.75) is 63.8 Å². The third-order valence-corrected chi connectivity index (χ3v) is 6.90. The molecule has 140 valence electrons. The molecule has 3 rings (SSSR count). The number of nitriles is 1. The summed E-state index contributed by atoms with van der Waals surface area (Å²) >= 11 is 1.61. The number of likely N-dealkylation sites (N-methyl/N-ethyl adjacent to an activating group) is 1. The standard InChI is InChI=1S/C20H26N2O3S/c1-14-6-7-15-16(12-26-17(15)10-14)19(24)25-11-18(23)22(2)20(13-21)8-4-3-5-9-20/h12,14H,3-11H2,1-2H3/t14-/m1/s1. The summed E-state index contributed by atoms with van der Waals surface area (Å²) in [5.41, 5.74) is 0.957. The molecule has 26 heavy (non-hydrogen) atoms. The van der Waals surface area contributed by atoms with E-state index in [1.807, 2.05) is 5.38 Å². The Morgan fingerprint density at radius 3 is 2.81 bits per heavy atom. The third-order valence-electron chi connectivity index (χ3n) is 5.85. The average molecular weight is 375 g/mol. The Morgan fingerprint density at radius 2 is 2.12 bits per heavy atom. The largest absolute Gasteiger partial charge is 0.452 e. The molecule has 0 radical (unpaired) electrons. The number of carbonyl (C=O) groups excluding carboxylic acids is 2. The van der Waals surface area contributed by atoms with Crippen LogP contribution in [0.2, 0.25) is 0 Å². The van der Waals surface area contributed by atoms with Crippen molar-refractivity contribution in [3.8, 4) is 6.07 Å². The molecule has 1 aromatic heterocycles. The molecule has 0 bridgehead atoms. The van der Waals surface area contributed by atoms with E-state index in [-0.39, 0.29) is 12.5 Å². The first-order valence-electron chi connectivity index (χ1n) is 9.41. The van der Waals surface area contributed by atoms with E-state index in [4.69, 9.17) is 4.74 Å². The van der Waals surface area contributed by atoms with Gasteiger partial charge < -0.3 is 9.64 Å².